The van der Waals surface area contributed by atoms with E-state index in [1.54, 1.807) is 6.07 Å². The van der Waals surface area contributed by atoms with Crippen LogP contribution in [0.25, 0.3) is 12.2 Å². The molecule has 0 spiro atoms. The number of aliphatic hydroxyl groups is 1. The van der Waals surface area contributed by atoms with Crippen LogP contribution in [0.3, 0.4) is 0 Å². The lowest BCUT2D eigenvalue weighted by Gasteiger charge is -2.37. The zero-order valence-electron chi connectivity index (χ0n) is 12.8. The highest BCUT2D eigenvalue weighted by molar-refractivity contribution is 5.71. The van der Waals surface area contributed by atoms with Crippen molar-refractivity contribution in [1.82, 2.24) is 0 Å². The van der Waals surface area contributed by atoms with Gasteiger partial charge in [0.15, 0.2) is 0 Å². The third-order valence-electron chi connectivity index (χ3n) is 4.05. The van der Waals surface area contributed by atoms with Crippen LogP contribution in [0.15, 0.2) is 42.5 Å². The molecule has 0 aromatic heterocycles. The number of hydrogen-bond donors (Lipinski definition) is 2. The highest BCUT2D eigenvalue weighted by atomic mass is 16.5. The second-order valence-corrected chi connectivity index (χ2v) is 6.19. The van der Waals surface area contributed by atoms with Gasteiger partial charge in [0.25, 0.3) is 0 Å². The zero-order chi connectivity index (χ0) is 15.7. The third-order valence-corrected chi connectivity index (χ3v) is 4.05. The number of benzene rings is 2. The van der Waals surface area contributed by atoms with Gasteiger partial charge in [-0.05, 0) is 37.1 Å². The average molecular weight is 296 g/mol. The number of ether oxygens (including phenoxy) is 1. The molecule has 0 radical (unpaired) electrons. The van der Waals surface area contributed by atoms with Gasteiger partial charge < -0.3 is 14.9 Å². The van der Waals surface area contributed by atoms with E-state index in [9.17, 15) is 10.2 Å². The molecule has 1 unspecified atom stereocenters. The summed E-state index contributed by atoms with van der Waals surface area (Å²) in [6.45, 7) is 3.70. The molecule has 0 saturated carbocycles. The first-order valence-electron chi connectivity index (χ1n) is 7.42. The number of aliphatic hydroxyl groups excluding tert-OH is 1. The van der Waals surface area contributed by atoms with E-state index in [0.717, 1.165) is 11.1 Å². The Morgan fingerprint density at radius 2 is 1.77 bits per heavy atom. The van der Waals surface area contributed by atoms with Crippen molar-refractivity contribution in [2.75, 3.05) is 0 Å². The van der Waals surface area contributed by atoms with Gasteiger partial charge in [-0.15, -0.1) is 0 Å². The molecule has 22 heavy (non-hydrogen) atoms. The largest absolute Gasteiger partial charge is 0.508 e. The lowest BCUT2D eigenvalue weighted by molar-refractivity contribution is -0.0417. The van der Waals surface area contributed by atoms with Crippen LogP contribution in [0.5, 0.6) is 11.5 Å². The zero-order valence-corrected chi connectivity index (χ0v) is 12.8. The first kappa shape index (κ1) is 14.7. The van der Waals surface area contributed by atoms with E-state index >= 15 is 0 Å². The molecule has 0 bridgehead atoms. The number of phenolic OH excluding ortho intramolecular Hbond substituents is 1. The molecular formula is C19H20O3. The van der Waals surface area contributed by atoms with Crippen LogP contribution < -0.4 is 4.74 Å². The van der Waals surface area contributed by atoms with E-state index in [0.29, 0.717) is 17.7 Å². The van der Waals surface area contributed by atoms with Crippen molar-refractivity contribution >= 4 is 12.2 Å². The van der Waals surface area contributed by atoms with Crippen molar-refractivity contribution in [2.24, 2.45) is 0 Å². The minimum Gasteiger partial charge on any atom is -0.508 e. The van der Waals surface area contributed by atoms with Crippen LogP contribution in [-0.2, 0) is 6.42 Å². The average Bonchev–Trinajstić information content (AvgIpc) is 2.48. The molecule has 3 heteroatoms. The lowest BCUT2D eigenvalue weighted by atomic mass is 9.90. The molecule has 1 heterocycles. The van der Waals surface area contributed by atoms with E-state index in [2.05, 4.69) is 0 Å². The number of rotatable bonds is 2. The van der Waals surface area contributed by atoms with Gasteiger partial charge in [0.2, 0.25) is 0 Å². The molecule has 114 valence electrons. The molecule has 3 nitrogen and oxygen atoms in total. The number of aromatic hydroxyl groups is 1. The summed E-state index contributed by atoms with van der Waals surface area (Å²) in [5.41, 5.74) is 1.98. The van der Waals surface area contributed by atoms with Gasteiger partial charge in [-0.25, -0.2) is 0 Å². The van der Waals surface area contributed by atoms with Gasteiger partial charge >= 0.3 is 0 Å². The normalized spacial score (nSPS) is 19.7. The Bertz CT molecular complexity index is 702. The molecule has 2 aromatic carbocycles. The Morgan fingerprint density at radius 3 is 2.50 bits per heavy atom. The van der Waals surface area contributed by atoms with Gasteiger partial charge in [-0.3, -0.25) is 0 Å². The maximum atomic E-state index is 10.2. The van der Waals surface area contributed by atoms with Gasteiger partial charge in [0.05, 0.1) is 6.10 Å². The quantitative estimate of drug-likeness (QED) is 0.832. The topological polar surface area (TPSA) is 49.7 Å². The molecule has 1 aliphatic heterocycles. The highest BCUT2D eigenvalue weighted by Gasteiger charge is 2.36. The molecule has 1 atom stereocenters. The SMILES string of the molecule is CC1(C)Oc2cc(C=Cc3ccccc3)cc(O)c2CC1O. The van der Waals surface area contributed by atoms with Crippen molar-refractivity contribution in [2.45, 2.75) is 32.0 Å². The summed E-state index contributed by atoms with van der Waals surface area (Å²) in [6.07, 6.45) is 3.70. The summed E-state index contributed by atoms with van der Waals surface area (Å²) in [4.78, 5) is 0. The predicted molar refractivity (Wildman–Crippen MR) is 87.9 cm³/mol. The van der Waals surface area contributed by atoms with Crippen LogP contribution in [0.4, 0.5) is 0 Å². The highest BCUT2D eigenvalue weighted by Crippen LogP contribution is 2.39. The Labute approximate surface area is 130 Å². The van der Waals surface area contributed by atoms with Crippen LogP contribution in [0, 0.1) is 0 Å². The van der Waals surface area contributed by atoms with E-state index in [1.165, 1.54) is 0 Å². The molecule has 0 fully saturated rings. The smallest absolute Gasteiger partial charge is 0.129 e. The van der Waals surface area contributed by atoms with Crippen LogP contribution in [0.2, 0.25) is 0 Å². The Balaban J connectivity index is 1.93. The molecule has 0 saturated heterocycles. The molecule has 1 aliphatic rings. The Morgan fingerprint density at radius 1 is 1.09 bits per heavy atom. The molecule has 0 aliphatic carbocycles. The van der Waals surface area contributed by atoms with Gasteiger partial charge in [0.1, 0.15) is 17.1 Å². The van der Waals surface area contributed by atoms with Gasteiger partial charge in [0, 0.05) is 12.0 Å². The first-order chi connectivity index (χ1) is 10.5. The maximum Gasteiger partial charge on any atom is 0.129 e. The summed E-state index contributed by atoms with van der Waals surface area (Å²) in [5.74, 6) is 0.808. The number of hydrogen-bond acceptors (Lipinski definition) is 3. The standard InChI is InChI=1S/C19H20O3/c1-19(2)18(21)12-15-16(20)10-14(11-17(15)22-19)9-8-13-6-4-3-5-7-13/h3-11,18,20-21H,12H2,1-2H3. The number of fused-ring (bicyclic) bond motifs is 1. The predicted octanol–water partition coefficient (Wildman–Crippen LogP) is 3.64. The second kappa shape index (κ2) is 5.50. The Hall–Kier alpha value is -2.26. The van der Waals surface area contributed by atoms with Crippen molar-refractivity contribution in [3.05, 3.63) is 59.2 Å². The van der Waals surface area contributed by atoms with Crippen LogP contribution >= 0.6 is 0 Å². The second-order valence-electron chi connectivity index (χ2n) is 6.19. The fourth-order valence-corrected chi connectivity index (χ4v) is 2.59. The summed E-state index contributed by atoms with van der Waals surface area (Å²) >= 11 is 0. The monoisotopic (exact) mass is 296 g/mol. The molecular weight excluding hydrogens is 276 g/mol. The fourth-order valence-electron chi connectivity index (χ4n) is 2.59. The van der Waals surface area contributed by atoms with Crippen molar-refractivity contribution in [3.8, 4) is 11.5 Å². The number of phenols is 1. The van der Waals surface area contributed by atoms with Crippen LogP contribution in [-0.4, -0.2) is 21.9 Å². The summed E-state index contributed by atoms with van der Waals surface area (Å²) in [5, 5.41) is 20.3. The van der Waals surface area contributed by atoms with E-state index in [1.807, 2.05) is 62.4 Å². The van der Waals surface area contributed by atoms with E-state index in [-0.39, 0.29) is 5.75 Å². The first-order valence-corrected chi connectivity index (χ1v) is 7.42. The van der Waals surface area contributed by atoms with Gasteiger partial charge in [-0.1, -0.05) is 42.5 Å². The van der Waals surface area contributed by atoms with Crippen molar-refractivity contribution in [3.63, 3.8) is 0 Å². The molecule has 2 aromatic rings. The summed E-state index contributed by atoms with van der Waals surface area (Å²) in [6, 6.07) is 13.6. The molecule has 3 rings (SSSR count). The van der Waals surface area contributed by atoms with Gasteiger partial charge in [-0.2, -0.15) is 0 Å². The molecule has 0 amide bonds. The fraction of sp³-hybridized carbons (Fsp3) is 0.263. The maximum absolute atomic E-state index is 10.2. The lowest BCUT2D eigenvalue weighted by Crippen LogP contribution is -2.46. The van der Waals surface area contributed by atoms with Crippen molar-refractivity contribution in [1.29, 1.82) is 0 Å². The van der Waals surface area contributed by atoms with E-state index < -0.39 is 11.7 Å². The summed E-state index contributed by atoms with van der Waals surface area (Å²) in [7, 11) is 0. The Kier molecular flexibility index (Phi) is 3.67. The minimum absolute atomic E-state index is 0.166. The van der Waals surface area contributed by atoms with E-state index in [4.69, 9.17) is 4.74 Å². The summed E-state index contributed by atoms with van der Waals surface area (Å²) < 4.78 is 5.86. The van der Waals surface area contributed by atoms with Crippen LogP contribution in [0.1, 0.15) is 30.5 Å². The third kappa shape index (κ3) is 2.85. The minimum atomic E-state index is -0.652. The van der Waals surface area contributed by atoms with Crippen molar-refractivity contribution < 1.29 is 14.9 Å². The molecule has 2 N–H and O–H groups in total.